The lowest BCUT2D eigenvalue weighted by Crippen LogP contribution is -2.27. The number of fused-ring (bicyclic) bond motifs is 1. The molecule has 3 heterocycles. The van der Waals surface area contributed by atoms with Gasteiger partial charge in [0.15, 0.2) is 5.65 Å². The quantitative estimate of drug-likeness (QED) is 0.545. The highest BCUT2D eigenvalue weighted by molar-refractivity contribution is 6.00. The molecule has 0 spiro atoms. The van der Waals surface area contributed by atoms with Gasteiger partial charge in [0.05, 0.1) is 12.2 Å². The van der Waals surface area contributed by atoms with E-state index in [1.807, 2.05) is 12.3 Å². The molecule has 9 nitrogen and oxygen atoms in total. The van der Waals surface area contributed by atoms with Gasteiger partial charge in [-0.25, -0.2) is 9.37 Å². The molecular formula is C22H26FN7O2. The first-order chi connectivity index (χ1) is 15.5. The number of nitrogens with zero attached hydrogens (tertiary/aromatic N) is 4. The van der Waals surface area contributed by atoms with Gasteiger partial charge < -0.3 is 20.5 Å². The number of pyridine rings is 1. The average Bonchev–Trinajstić information content (AvgIpc) is 3.32. The van der Waals surface area contributed by atoms with E-state index >= 15 is 0 Å². The molecule has 0 unspecified atom stereocenters. The van der Waals surface area contributed by atoms with Crippen LogP contribution in [0.4, 0.5) is 21.7 Å². The number of carbonyl (C=O) groups excluding carboxylic acids is 1. The van der Waals surface area contributed by atoms with Crippen molar-refractivity contribution in [2.75, 3.05) is 17.7 Å². The van der Waals surface area contributed by atoms with E-state index in [0.717, 1.165) is 25.7 Å². The topological polar surface area (TPSA) is 105 Å². The lowest BCUT2D eigenvalue weighted by Gasteiger charge is -2.24. The number of aromatic nitrogens is 4. The van der Waals surface area contributed by atoms with Crippen molar-refractivity contribution in [3.63, 3.8) is 0 Å². The number of alkyl halides is 1. The molecule has 168 valence electrons. The molecule has 1 amide bonds. The Hall–Kier alpha value is -3.43. The maximum Gasteiger partial charge on any atom is 0.274 e. The van der Waals surface area contributed by atoms with Gasteiger partial charge in [0.2, 0.25) is 0 Å². The summed E-state index contributed by atoms with van der Waals surface area (Å²) in [6, 6.07) is 5.07. The maximum absolute atomic E-state index is 13.2. The molecule has 2 aliphatic carbocycles. The van der Waals surface area contributed by atoms with Crippen molar-refractivity contribution in [1.29, 1.82) is 0 Å². The Morgan fingerprint density at radius 3 is 2.75 bits per heavy atom. The zero-order chi connectivity index (χ0) is 22.2. The smallest absolute Gasteiger partial charge is 0.274 e. The van der Waals surface area contributed by atoms with Crippen molar-refractivity contribution in [2.24, 2.45) is 0 Å². The van der Waals surface area contributed by atoms with Crippen molar-refractivity contribution in [3.8, 4) is 0 Å². The first-order valence-corrected chi connectivity index (χ1v) is 11.0. The summed E-state index contributed by atoms with van der Waals surface area (Å²) in [5, 5.41) is 13.0. The predicted octanol–water partition coefficient (Wildman–Crippen LogP) is 3.02. The second kappa shape index (κ2) is 8.25. The standard InChI is InChI=1S/C22H26FN7O2/c1-24-19-11-18(26-16-8-5-9-29(22(16)32)13-6-3-2-4-7-13)28-20-14(12-25-30(19)20)21(31)27-17-10-15(17)23/h5,8-9,11-13,15,17,24H,2-4,6-7,10H2,1H3,(H,26,28)(H,27,31)/t15-,17+/m1/s1. The summed E-state index contributed by atoms with van der Waals surface area (Å²) in [5.74, 6) is 0.579. The SMILES string of the molecule is CNc1cc(Nc2cccn(C3CCCCC3)c2=O)nc2c(C(=O)N[C@H]3C[C@H]3F)cnn12. The molecule has 3 aromatic rings. The van der Waals surface area contributed by atoms with Gasteiger partial charge in [0, 0.05) is 31.8 Å². The second-order valence-corrected chi connectivity index (χ2v) is 8.45. The Morgan fingerprint density at radius 1 is 1.25 bits per heavy atom. The van der Waals surface area contributed by atoms with Crippen molar-refractivity contribution in [2.45, 2.75) is 56.8 Å². The van der Waals surface area contributed by atoms with E-state index in [1.165, 1.54) is 17.1 Å². The first-order valence-electron chi connectivity index (χ1n) is 11.0. The van der Waals surface area contributed by atoms with E-state index in [-0.39, 0.29) is 17.2 Å². The Balaban J connectivity index is 1.47. The van der Waals surface area contributed by atoms with Gasteiger partial charge in [0.25, 0.3) is 11.5 Å². The molecular weight excluding hydrogens is 413 g/mol. The number of hydrogen-bond acceptors (Lipinski definition) is 6. The highest BCUT2D eigenvalue weighted by atomic mass is 19.1. The van der Waals surface area contributed by atoms with Crippen LogP contribution < -0.4 is 21.5 Å². The summed E-state index contributed by atoms with van der Waals surface area (Å²) in [7, 11) is 1.73. The minimum Gasteiger partial charge on any atom is -0.373 e. The van der Waals surface area contributed by atoms with Crippen LogP contribution >= 0.6 is 0 Å². The molecule has 2 fully saturated rings. The molecule has 3 aromatic heterocycles. The zero-order valence-electron chi connectivity index (χ0n) is 17.8. The third-order valence-electron chi connectivity index (χ3n) is 6.21. The molecule has 10 heteroatoms. The lowest BCUT2D eigenvalue weighted by atomic mass is 9.95. The maximum atomic E-state index is 13.2. The second-order valence-electron chi connectivity index (χ2n) is 8.45. The normalized spacial score (nSPS) is 20.8. The fourth-order valence-electron chi connectivity index (χ4n) is 4.31. The van der Waals surface area contributed by atoms with E-state index in [2.05, 4.69) is 26.0 Å². The monoisotopic (exact) mass is 439 g/mol. The molecule has 2 aliphatic rings. The van der Waals surface area contributed by atoms with Gasteiger partial charge in [-0.05, 0) is 25.0 Å². The van der Waals surface area contributed by atoms with E-state index in [4.69, 9.17) is 0 Å². The highest BCUT2D eigenvalue weighted by Gasteiger charge is 2.39. The van der Waals surface area contributed by atoms with E-state index in [1.54, 1.807) is 23.7 Å². The minimum absolute atomic E-state index is 0.0960. The molecule has 0 saturated heterocycles. The number of halogens is 1. The number of hydrogen-bond donors (Lipinski definition) is 3. The molecule has 32 heavy (non-hydrogen) atoms. The van der Waals surface area contributed by atoms with Crippen LogP contribution in [-0.2, 0) is 0 Å². The van der Waals surface area contributed by atoms with Crippen LogP contribution in [0.25, 0.3) is 5.65 Å². The van der Waals surface area contributed by atoms with Crippen molar-refractivity contribution >= 4 is 28.9 Å². The fourth-order valence-corrected chi connectivity index (χ4v) is 4.31. The van der Waals surface area contributed by atoms with Crippen LogP contribution in [0.3, 0.4) is 0 Å². The fraction of sp³-hybridized carbons (Fsp3) is 0.455. The van der Waals surface area contributed by atoms with Gasteiger partial charge in [-0.15, -0.1) is 0 Å². The molecule has 0 bridgehead atoms. The number of nitrogens with one attached hydrogen (secondary N) is 3. The van der Waals surface area contributed by atoms with Crippen LogP contribution in [0.2, 0.25) is 0 Å². The number of amides is 1. The van der Waals surface area contributed by atoms with E-state index in [9.17, 15) is 14.0 Å². The third-order valence-corrected chi connectivity index (χ3v) is 6.21. The molecule has 0 radical (unpaired) electrons. The highest BCUT2D eigenvalue weighted by Crippen LogP contribution is 2.28. The first kappa shape index (κ1) is 20.5. The Kier molecular flexibility index (Phi) is 5.28. The summed E-state index contributed by atoms with van der Waals surface area (Å²) < 4.78 is 16.5. The summed E-state index contributed by atoms with van der Waals surface area (Å²) in [6.45, 7) is 0. The molecule has 0 aliphatic heterocycles. The summed E-state index contributed by atoms with van der Waals surface area (Å²) >= 11 is 0. The molecule has 2 atom stereocenters. The Labute approximate surface area is 184 Å². The van der Waals surface area contributed by atoms with Gasteiger partial charge in [-0.1, -0.05) is 19.3 Å². The summed E-state index contributed by atoms with van der Waals surface area (Å²) in [5.41, 5.74) is 0.885. The molecule has 2 saturated carbocycles. The zero-order valence-corrected chi connectivity index (χ0v) is 17.8. The van der Waals surface area contributed by atoms with Crippen LogP contribution in [0.5, 0.6) is 0 Å². The van der Waals surface area contributed by atoms with Gasteiger partial charge >= 0.3 is 0 Å². The number of carbonyl (C=O) groups is 1. The summed E-state index contributed by atoms with van der Waals surface area (Å²) in [6.07, 6.45) is 8.08. The van der Waals surface area contributed by atoms with Crippen molar-refractivity contribution < 1.29 is 9.18 Å². The minimum atomic E-state index is -0.997. The predicted molar refractivity (Wildman–Crippen MR) is 119 cm³/mol. The Bertz CT molecular complexity index is 1210. The number of rotatable bonds is 6. The van der Waals surface area contributed by atoms with Crippen LogP contribution in [0, 0.1) is 0 Å². The molecule has 3 N–H and O–H groups in total. The molecule has 0 aromatic carbocycles. The third kappa shape index (κ3) is 3.80. The van der Waals surface area contributed by atoms with E-state index in [0.29, 0.717) is 29.4 Å². The summed E-state index contributed by atoms with van der Waals surface area (Å²) in [4.78, 5) is 30.2. The van der Waals surface area contributed by atoms with Gasteiger partial charge in [-0.2, -0.15) is 9.61 Å². The molecule has 5 rings (SSSR count). The van der Waals surface area contributed by atoms with Crippen LogP contribution in [0.15, 0.2) is 35.4 Å². The van der Waals surface area contributed by atoms with Gasteiger partial charge in [-0.3, -0.25) is 9.59 Å². The van der Waals surface area contributed by atoms with Crippen molar-refractivity contribution in [1.82, 2.24) is 24.5 Å². The average molecular weight is 439 g/mol. The Morgan fingerprint density at radius 2 is 2.03 bits per heavy atom. The lowest BCUT2D eigenvalue weighted by molar-refractivity contribution is 0.0949. The van der Waals surface area contributed by atoms with Crippen LogP contribution in [-0.4, -0.2) is 44.3 Å². The van der Waals surface area contributed by atoms with Gasteiger partial charge in [0.1, 0.15) is 29.1 Å². The van der Waals surface area contributed by atoms with Crippen molar-refractivity contribution in [3.05, 3.63) is 46.5 Å². The number of anilines is 3. The van der Waals surface area contributed by atoms with E-state index < -0.39 is 18.1 Å². The van der Waals surface area contributed by atoms with Crippen LogP contribution in [0.1, 0.15) is 54.9 Å². The largest absolute Gasteiger partial charge is 0.373 e.